The van der Waals surface area contributed by atoms with Gasteiger partial charge in [-0.2, -0.15) is 0 Å². The molecule has 0 aliphatic carbocycles. The average molecular weight is 304 g/mol. The number of fused-ring (bicyclic) bond motifs is 1. The number of nitrogens with one attached hydrogen (secondary N) is 1. The van der Waals surface area contributed by atoms with Crippen molar-refractivity contribution in [3.8, 4) is 0 Å². The second-order valence-corrected chi connectivity index (χ2v) is 7.30. The van der Waals surface area contributed by atoms with Gasteiger partial charge in [0.2, 0.25) is 0 Å². The number of rotatable bonds is 5. The standard InChI is InChI=1S/C16H24N4S/c1-11(2)16-19-18-15-5-4-13(10-20(15)16)8-17-9-14-12(3)6-7-21-14/h6-7,11,13,17H,4-5,8-10H2,1-3H3. The Kier molecular flexibility index (Phi) is 4.40. The summed E-state index contributed by atoms with van der Waals surface area (Å²) in [5.74, 6) is 3.45. The lowest BCUT2D eigenvalue weighted by molar-refractivity contribution is 0.340. The number of aryl methyl sites for hydroxylation is 2. The van der Waals surface area contributed by atoms with E-state index in [0.29, 0.717) is 11.8 Å². The van der Waals surface area contributed by atoms with Crippen LogP contribution in [0, 0.1) is 12.8 Å². The van der Waals surface area contributed by atoms with Gasteiger partial charge in [-0.3, -0.25) is 0 Å². The lowest BCUT2D eigenvalue weighted by Crippen LogP contribution is -2.30. The molecule has 21 heavy (non-hydrogen) atoms. The minimum Gasteiger partial charge on any atom is -0.314 e. The molecule has 1 N–H and O–H groups in total. The molecule has 3 rings (SSSR count). The van der Waals surface area contributed by atoms with E-state index in [-0.39, 0.29) is 0 Å². The largest absolute Gasteiger partial charge is 0.314 e. The molecule has 1 atom stereocenters. The molecule has 0 saturated carbocycles. The van der Waals surface area contributed by atoms with Crippen molar-refractivity contribution >= 4 is 11.3 Å². The van der Waals surface area contributed by atoms with Gasteiger partial charge in [0.15, 0.2) is 0 Å². The van der Waals surface area contributed by atoms with Crippen LogP contribution in [0.4, 0.5) is 0 Å². The smallest absolute Gasteiger partial charge is 0.135 e. The molecule has 4 nitrogen and oxygen atoms in total. The highest BCUT2D eigenvalue weighted by molar-refractivity contribution is 7.10. The molecule has 0 saturated heterocycles. The molecule has 1 aliphatic rings. The van der Waals surface area contributed by atoms with Crippen LogP contribution >= 0.6 is 11.3 Å². The fraction of sp³-hybridized carbons (Fsp3) is 0.625. The summed E-state index contributed by atoms with van der Waals surface area (Å²) in [4.78, 5) is 1.46. The second kappa shape index (κ2) is 6.28. The van der Waals surface area contributed by atoms with Crippen LogP contribution in [0.1, 0.15) is 48.3 Å². The van der Waals surface area contributed by atoms with Crippen molar-refractivity contribution in [2.24, 2.45) is 5.92 Å². The van der Waals surface area contributed by atoms with Crippen LogP contribution in [0.2, 0.25) is 0 Å². The van der Waals surface area contributed by atoms with E-state index in [2.05, 4.69) is 52.3 Å². The van der Waals surface area contributed by atoms with Gasteiger partial charge >= 0.3 is 0 Å². The maximum atomic E-state index is 4.36. The Hall–Kier alpha value is -1.20. The van der Waals surface area contributed by atoms with E-state index in [1.165, 1.54) is 22.7 Å². The van der Waals surface area contributed by atoms with Gasteiger partial charge in [0.1, 0.15) is 11.6 Å². The lowest BCUT2D eigenvalue weighted by atomic mass is 9.98. The molecule has 1 aliphatic heterocycles. The molecule has 2 aromatic heterocycles. The molecule has 5 heteroatoms. The zero-order valence-corrected chi connectivity index (χ0v) is 13.9. The van der Waals surface area contributed by atoms with Crippen LogP contribution in [0.3, 0.4) is 0 Å². The van der Waals surface area contributed by atoms with Gasteiger partial charge in [-0.15, -0.1) is 21.5 Å². The summed E-state index contributed by atoms with van der Waals surface area (Å²) in [5, 5.41) is 14.5. The molecule has 0 amide bonds. The van der Waals surface area contributed by atoms with Gasteiger partial charge in [-0.1, -0.05) is 13.8 Å². The summed E-state index contributed by atoms with van der Waals surface area (Å²) in [5.41, 5.74) is 1.40. The molecule has 3 heterocycles. The lowest BCUT2D eigenvalue weighted by Gasteiger charge is -2.25. The molecule has 0 spiro atoms. The summed E-state index contributed by atoms with van der Waals surface area (Å²) < 4.78 is 2.34. The van der Waals surface area contributed by atoms with Gasteiger partial charge in [0.25, 0.3) is 0 Å². The van der Waals surface area contributed by atoms with Crippen LogP contribution in [0.5, 0.6) is 0 Å². The molecular weight excluding hydrogens is 280 g/mol. The fourth-order valence-electron chi connectivity index (χ4n) is 2.98. The van der Waals surface area contributed by atoms with Crippen molar-refractivity contribution < 1.29 is 0 Å². The van der Waals surface area contributed by atoms with E-state index in [0.717, 1.165) is 31.9 Å². The monoisotopic (exact) mass is 304 g/mol. The normalized spacial score (nSPS) is 18.2. The molecule has 1 unspecified atom stereocenters. The highest BCUT2D eigenvalue weighted by Crippen LogP contribution is 2.23. The van der Waals surface area contributed by atoms with Gasteiger partial charge in [-0.25, -0.2) is 0 Å². The number of thiophene rings is 1. The van der Waals surface area contributed by atoms with E-state index in [1.54, 1.807) is 0 Å². The first-order chi connectivity index (χ1) is 10.1. The molecule has 0 radical (unpaired) electrons. The second-order valence-electron chi connectivity index (χ2n) is 6.30. The van der Waals surface area contributed by atoms with Gasteiger partial charge < -0.3 is 9.88 Å². The van der Waals surface area contributed by atoms with Crippen molar-refractivity contribution in [2.75, 3.05) is 6.54 Å². The zero-order chi connectivity index (χ0) is 14.8. The summed E-state index contributed by atoms with van der Waals surface area (Å²) in [6.07, 6.45) is 2.27. The molecule has 0 aromatic carbocycles. The summed E-state index contributed by atoms with van der Waals surface area (Å²) >= 11 is 1.84. The van der Waals surface area contributed by atoms with Crippen molar-refractivity contribution in [3.63, 3.8) is 0 Å². The molecule has 0 fully saturated rings. The van der Waals surface area contributed by atoms with Crippen molar-refractivity contribution in [1.82, 2.24) is 20.1 Å². The van der Waals surface area contributed by atoms with Crippen molar-refractivity contribution in [3.05, 3.63) is 33.5 Å². The fourth-order valence-corrected chi connectivity index (χ4v) is 3.86. The molecule has 2 aromatic rings. The molecule has 114 valence electrons. The topological polar surface area (TPSA) is 42.7 Å². The molecule has 0 bridgehead atoms. The van der Waals surface area contributed by atoms with E-state index >= 15 is 0 Å². The quantitative estimate of drug-likeness (QED) is 0.923. The maximum Gasteiger partial charge on any atom is 0.135 e. The van der Waals surface area contributed by atoms with E-state index in [1.807, 2.05) is 11.3 Å². The van der Waals surface area contributed by atoms with Crippen LogP contribution < -0.4 is 5.32 Å². The SMILES string of the molecule is Cc1ccsc1CNCC1CCc2nnc(C(C)C)n2C1. The Bertz CT molecular complexity index is 599. The predicted octanol–water partition coefficient (Wildman–Crippen LogP) is 3.12. The Morgan fingerprint density at radius 2 is 2.29 bits per heavy atom. The van der Waals surface area contributed by atoms with Gasteiger partial charge in [0, 0.05) is 36.9 Å². The number of hydrogen-bond acceptors (Lipinski definition) is 4. The van der Waals surface area contributed by atoms with Gasteiger partial charge in [0.05, 0.1) is 0 Å². The van der Waals surface area contributed by atoms with E-state index in [4.69, 9.17) is 0 Å². The number of aromatic nitrogens is 3. The average Bonchev–Trinajstić information content (AvgIpc) is 3.05. The van der Waals surface area contributed by atoms with E-state index in [9.17, 15) is 0 Å². The number of nitrogens with zero attached hydrogens (tertiary/aromatic N) is 3. The third-order valence-corrected chi connectivity index (χ3v) is 5.30. The maximum absolute atomic E-state index is 4.36. The van der Waals surface area contributed by atoms with Crippen LogP contribution in [0.15, 0.2) is 11.4 Å². The Labute approximate surface area is 130 Å². The van der Waals surface area contributed by atoms with Crippen LogP contribution in [0.25, 0.3) is 0 Å². The summed E-state index contributed by atoms with van der Waals surface area (Å²) in [6.45, 7) is 9.70. The first-order valence-corrected chi connectivity index (χ1v) is 8.68. The van der Waals surface area contributed by atoms with E-state index < -0.39 is 0 Å². The Morgan fingerprint density at radius 1 is 1.43 bits per heavy atom. The third-order valence-electron chi connectivity index (χ3n) is 4.28. The van der Waals surface area contributed by atoms with Crippen molar-refractivity contribution in [1.29, 1.82) is 0 Å². The predicted molar refractivity (Wildman–Crippen MR) is 86.7 cm³/mol. The Morgan fingerprint density at radius 3 is 3.00 bits per heavy atom. The minimum atomic E-state index is 0.451. The van der Waals surface area contributed by atoms with Crippen LogP contribution in [-0.4, -0.2) is 21.3 Å². The first kappa shape index (κ1) is 14.7. The summed E-state index contributed by atoms with van der Waals surface area (Å²) in [6, 6.07) is 2.20. The third kappa shape index (κ3) is 3.19. The number of hydrogen-bond donors (Lipinski definition) is 1. The summed E-state index contributed by atoms with van der Waals surface area (Å²) in [7, 11) is 0. The first-order valence-electron chi connectivity index (χ1n) is 7.80. The highest BCUT2D eigenvalue weighted by atomic mass is 32.1. The molecular formula is C16H24N4S. The van der Waals surface area contributed by atoms with Crippen molar-refractivity contribution in [2.45, 2.75) is 52.6 Å². The van der Waals surface area contributed by atoms with Crippen LogP contribution in [-0.2, 0) is 19.5 Å². The highest BCUT2D eigenvalue weighted by Gasteiger charge is 2.23. The minimum absolute atomic E-state index is 0.451. The van der Waals surface area contributed by atoms with Gasteiger partial charge in [-0.05, 0) is 36.3 Å². The Balaban J connectivity index is 1.56. The zero-order valence-electron chi connectivity index (χ0n) is 13.1.